The van der Waals surface area contributed by atoms with Gasteiger partial charge in [0.05, 0.1) is 17.8 Å². The van der Waals surface area contributed by atoms with Crippen molar-refractivity contribution >= 4 is 28.9 Å². The molecule has 1 aliphatic rings. The number of nitrogens with zero attached hydrogens (tertiary/aromatic N) is 4. The van der Waals surface area contributed by atoms with E-state index >= 15 is 0 Å². The molecule has 2 aromatic heterocycles. The van der Waals surface area contributed by atoms with Gasteiger partial charge in [-0.05, 0) is 81.3 Å². The third-order valence-corrected chi connectivity index (χ3v) is 6.27. The molecule has 2 atom stereocenters. The largest absolute Gasteiger partial charge is 0.352 e. The van der Waals surface area contributed by atoms with Crippen molar-refractivity contribution < 1.29 is 0 Å². The van der Waals surface area contributed by atoms with E-state index in [9.17, 15) is 0 Å². The van der Waals surface area contributed by atoms with E-state index in [0.29, 0.717) is 0 Å². The molecule has 0 radical (unpaired) electrons. The van der Waals surface area contributed by atoms with Crippen LogP contribution in [-0.4, -0.2) is 51.6 Å². The molecule has 7 heteroatoms. The van der Waals surface area contributed by atoms with Crippen molar-refractivity contribution in [2.45, 2.75) is 19.0 Å². The van der Waals surface area contributed by atoms with Crippen LogP contribution in [0, 0.1) is 6.92 Å². The molecule has 0 aliphatic carbocycles. The van der Waals surface area contributed by atoms with Crippen molar-refractivity contribution in [2.24, 2.45) is 0 Å². The maximum absolute atomic E-state index is 6.27. The van der Waals surface area contributed by atoms with E-state index in [1.165, 1.54) is 5.69 Å². The minimum atomic E-state index is -0.0251. The SMILES string of the molecule is Cc1cc(-n2cccc2C2C(c3ccccn3)NC(=S)N2CCN(C)C)ccc1Cl. The van der Waals surface area contributed by atoms with Crippen LogP contribution in [0.2, 0.25) is 5.02 Å². The summed E-state index contributed by atoms with van der Waals surface area (Å²) in [6.07, 6.45) is 3.93. The lowest BCUT2D eigenvalue weighted by Gasteiger charge is -2.30. The molecule has 0 bridgehead atoms. The number of likely N-dealkylation sites (N-methyl/N-ethyl adjacent to an activating group) is 1. The van der Waals surface area contributed by atoms with Gasteiger partial charge >= 0.3 is 0 Å². The normalized spacial score (nSPS) is 18.8. The minimum Gasteiger partial charge on any atom is -0.352 e. The minimum absolute atomic E-state index is 0.0251. The van der Waals surface area contributed by atoms with E-state index in [-0.39, 0.29) is 12.1 Å². The zero-order chi connectivity index (χ0) is 21.3. The number of halogens is 1. The summed E-state index contributed by atoms with van der Waals surface area (Å²) in [6, 6.07) is 16.4. The molecule has 1 N–H and O–H groups in total. The first-order valence-electron chi connectivity index (χ1n) is 10.0. The second-order valence-electron chi connectivity index (χ2n) is 7.86. The van der Waals surface area contributed by atoms with Crippen molar-refractivity contribution in [3.05, 3.63) is 82.9 Å². The Kier molecular flexibility index (Phi) is 6.09. The quantitative estimate of drug-likeness (QED) is 0.577. The topological polar surface area (TPSA) is 36.3 Å². The number of nitrogens with one attached hydrogen (secondary N) is 1. The Balaban J connectivity index is 1.78. The van der Waals surface area contributed by atoms with Gasteiger partial charge in [-0.2, -0.15) is 0 Å². The molecule has 0 saturated carbocycles. The summed E-state index contributed by atoms with van der Waals surface area (Å²) in [5.41, 5.74) is 4.29. The number of pyridine rings is 1. The molecule has 5 nitrogen and oxygen atoms in total. The average molecular weight is 440 g/mol. The fourth-order valence-electron chi connectivity index (χ4n) is 3.92. The molecule has 4 rings (SSSR count). The number of aryl methyl sites for hydroxylation is 1. The van der Waals surface area contributed by atoms with Crippen LogP contribution in [-0.2, 0) is 0 Å². The average Bonchev–Trinajstić information content (AvgIpc) is 3.33. The molecule has 3 aromatic rings. The Morgan fingerprint density at radius 1 is 1.17 bits per heavy atom. The summed E-state index contributed by atoms with van der Waals surface area (Å²) < 4.78 is 2.22. The number of hydrogen-bond donors (Lipinski definition) is 1. The number of benzene rings is 1. The number of hydrogen-bond acceptors (Lipinski definition) is 3. The Labute approximate surface area is 188 Å². The first kappa shape index (κ1) is 20.8. The highest BCUT2D eigenvalue weighted by Gasteiger charge is 2.41. The van der Waals surface area contributed by atoms with Gasteiger partial charge in [0.25, 0.3) is 0 Å². The third-order valence-electron chi connectivity index (χ3n) is 5.49. The molecule has 1 saturated heterocycles. The summed E-state index contributed by atoms with van der Waals surface area (Å²) >= 11 is 12.0. The van der Waals surface area contributed by atoms with Crippen molar-refractivity contribution in [1.82, 2.24) is 24.7 Å². The highest BCUT2D eigenvalue weighted by Crippen LogP contribution is 2.39. The Morgan fingerprint density at radius 2 is 2.00 bits per heavy atom. The standard InChI is InChI=1S/C23H26ClN5S/c1-16-15-17(9-10-18(16)24)28-12-6-8-20(28)22-21(19-7-4-5-11-25-19)26-23(30)29(22)14-13-27(2)3/h4-12,15,21-22H,13-14H2,1-3H3,(H,26,30). The molecule has 3 heterocycles. The summed E-state index contributed by atoms with van der Waals surface area (Å²) in [5.74, 6) is 0. The Hall–Kier alpha value is -2.41. The molecule has 0 amide bonds. The fourth-order valence-corrected chi connectivity index (χ4v) is 4.37. The molecular weight excluding hydrogens is 414 g/mol. The van der Waals surface area contributed by atoms with Gasteiger partial charge in [0, 0.05) is 41.9 Å². The monoisotopic (exact) mass is 439 g/mol. The molecule has 156 valence electrons. The van der Waals surface area contributed by atoms with Crippen molar-refractivity contribution in [1.29, 1.82) is 0 Å². The molecule has 1 fully saturated rings. The molecule has 30 heavy (non-hydrogen) atoms. The number of rotatable bonds is 6. The Bertz CT molecular complexity index is 1030. The molecule has 0 spiro atoms. The maximum Gasteiger partial charge on any atom is 0.170 e. The van der Waals surface area contributed by atoms with E-state index in [0.717, 1.165) is 40.2 Å². The van der Waals surface area contributed by atoms with Crippen LogP contribution < -0.4 is 5.32 Å². The molecule has 2 unspecified atom stereocenters. The van der Waals surface area contributed by atoms with Crippen molar-refractivity contribution in [3.8, 4) is 5.69 Å². The second-order valence-corrected chi connectivity index (χ2v) is 8.65. The van der Waals surface area contributed by atoms with Gasteiger partial charge in [-0.1, -0.05) is 17.7 Å². The van der Waals surface area contributed by atoms with Gasteiger partial charge in [0.1, 0.15) is 0 Å². The van der Waals surface area contributed by atoms with Crippen LogP contribution in [0.15, 0.2) is 60.9 Å². The van der Waals surface area contributed by atoms with E-state index in [1.807, 2.05) is 31.3 Å². The Morgan fingerprint density at radius 3 is 2.70 bits per heavy atom. The van der Waals surface area contributed by atoms with Gasteiger partial charge in [-0.15, -0.1) is 0 Å². The first-order chi connectivity index (χ1) is 14.5. The summed E-state index contributed by atoms with van der Waals surface area (Å²) in [4.78, 5) is 9.08. The lowest BCUT2D eigenvalue weighted by Crippen LogP contribution is -2.36. The molecular formula is C23H26ClN5S. The highest BCUT2D eigenvalue weighted by molar-refractivity contribution is 7.80. The van der Waals surface area contributed by atoms with Gasteiger partial charge in [-0.3, -0.25) is 4.98 Å². The third kappa shape index (κ3) is 4.08. The van der Waals surface area contributed by atoms with Gasteiger partial charge < -0.3 is 19.7 Å². The summed E-state index contributed by atoms with van der Waals surface area (Å²) in [7, 11) is 4.16. The van der Waals surface area contributed by atoms with Crippen molar-refractivity contribution in [2.75, 3.05) is 27.2 Å². The fraction of sp³-hybridized carbons (Fsp3) is 0.304. The lowest BCUT2D eigenvalue weighted by atomic mass is 10.0. The summed E-state index contributed by atoms with van der Waals surface area (Å²) in [6.45, 7) is 3.77. The van der Waals surface area contributed by atoms with Crippen LogP contribution in [0.5, 0.6) is 0 Å². The van der Waals surface area contributed by atoms with E-state index in [1.54, 1.807) is 0 Å². The van der Waals surface area contributed by atoms with E-state index < -0.39 is 0 Å². The first-order valence-corrected chi connectivity index (χ1v) is 10.8. The zero-order valence-electron chi connectivity index (χ0n) is 17.4. The van der Waals surface area contributed by atoms with Gasteiger partial charge in [0.15, 0.2) is 5.11 Å². The molecule has 1 aliphatic heterocycles. The van der Waals surface area contributed by atoms with Crippen molar-refractivity contribution in [3.63, 3.8) is 0 Å². The summed E-state index contributed by atoms with van der Waals surface area (Å²) in [5, 5.41) is 5.06. The maximum atomic E-state index is 6.27. The van der Waals surface area contributed by atoms with E-state index in [4.69, 9.17) is 23.8 Å². The zero-order valence-corrected chi connectivity index (χ0v) is 19.0. The van der Waals surface area contributed by atoms with Crippen LogP contribution in [0.1, 0.15) is 29.0 Å². The highest BCUT2D eigenvalue weighted by atomic mass is 35.5. The predicted octanol–water partition coefficient (Wildman–Crippen LogP) is 4.37. The van der Waals surface area contributed by atoms with Gasteiger partial charge in [0.2, 0.25) is 0 Å². The molecule has 1 aromatic carbocycles. The lowest BCUT2D eigenvalue weighted by molar-refractivity contribution is 0.272. The van der Waals surface area contributed by atoms with Crippen LogP contribution in [0.25, 0.3) is 5.69 Å². The second kappa shape index (κ2) is 8.76. The van der Waals surface area contributed by atoms with Crippen LogP contribution in [0.3, 0.4) is 0 Å². The van der Waals surface area contributed by atoms with E-state index in [2.05, 4.69) is 75.3 Å². The number of aromatic nitrogens is 2. The van der Waals surface area contributed by atoms with Gasteiger partial charge in [-0.25, -0.2) is 0 Å². The smallest absolute Gasteiger partial charge is 0.170 e. The van der Waals surface area contributed by atoms with Crippen LogP contribution >= 0.6 is 23.8 Å². The number of thiocarbonyl (C=S) groups is 1. The predicted molar refractivity (Wildman–Crippen MR) is 126 cm³/mol. The van der Waals surface area contributed by atoms with Crippen LogP contribution in [0.4, 0.5) is 0 Å².